The Kier molecular flexibility index (Phi) is 6.38. The first-order valence-electron chi connectivity index (χ1n) is 12.2. The first-order valence-corrected chi connectivity index (χ1v) is 13.0. The summed E-state index contributed by atoms with van der Waals surface area (Å²) < 4.78 is 7.52. The van der Waals surface area contributed by atoms with Crippen LogP contribution >= 0.6 is 11.3 Å². The lowest BCUT2D eigenvalue weighted by atomic mass is 10.1. The molecule has 0 atom stereocenters. The van der Waals surface area contributed by atoms with E-state index in [9.17, 15) is 4.79 Å². The Morgan fingerprint density at radius 3 is 2.16 bits per heavy atom. The second-order valence-corrected chi connectivity index (χ2v) is 9.59. The lowest BCUT2D eigenvalue weighted by molar-refractivity contribution is 0.104. The van der Waals surface area contributed by atoms with Gasteiger partial charge in [-0.1, -0.05) is 78.1 Å². The summed E-state index contributed by atoms with van der Waals surface area (Å²) in [5.41, 5.74) is 6.18. The molecule has 0 fully saturated rings. The third kappa shape index (κ3) is 4.42. The van der Waals surface area contributed by atoms with Crippen LogP contribution in [0.25, 0.3) is 44.0 Å². The number of pyridine rings is 1. The topological polar surface area (TPSA) is 56.5 Å². The van der Waals surface area contributed by atoms with E-state index in [1.54, 1.807) is 42.9 Å². The molecule has 0 bridgehead atoms. The van der Waals surface area contributed by atoms with E-state index in [-0.39, 0.29) is 5.78 Å². The molecule has 0 saturated carbocycles. The number of hydrogen-bond donors (Lipinski definition) is 0. The molecule has 0 amide bonds. The molecule has 0 radical (unpaired) electrons. The van der Waals surface area contributed by atoms with Crippen LogP contribution in [0.5, 0.6) is 5.75 Å². The van der Waals surface area contributed by atoms with Crippen molar-refractivity contribution in [1.29, 1.82) is 0 Å². The number of carbonyl (C=O) groups is 1. The van der Waals surface area contributed by atoms with E-state index in [0.29, 0.717) is 5.69 Å². The molecule has 0 aliphatic heterocycles. The molecule has 38 heavy (non-hydrogen) atoms. The monoisotopic (exact) mass is 513 g/mol. The lowest BCUT2D eigenvalue weighted by Crippen LogP contribution is -1.98. The summed E-state index contributed by atoms with van der Waals surface area (Å²) in [7, 11) is 1.65. The van der Waals surface area contributed by atoms with Crippen molar-refractivity contribution in [2.24, 2.45) is 0 Å². The van der Waals surface area contributed by atoms with E-state index in [1.165, 1.54) is 0 Å². The molecule has 0 saturated heterocycles. The van der Waals surface area contributed by atoms with E-state index < -0.39 is 0 Å². The minimum Gasteiger partial charge on any atom is -0.497 e. The number of aromatic nitrogens is 3. The number of carbonyl (C=O) groups excluding carboxylic acids is 1. The Morgan fingerprint density at radius 2 is 1.50 bits per heavy atom. The van der Waals surface area contributed by atoms with Gasteiger partial charge in [0.15, 0.2) is 4.96 Å². The molecule has 3 aromatic carbocycles. The van der Waals surface area contributed by atoms with Gasteiger partial charge in [-0.25, -0.2) is 4.98 Å². The standard InChI is InChI=1S/C32H23N3O2S/c1-37-25-17-15-22(16-18-25)29-27(19-20-28(36)26-14-8-9-21-33-26)35-30(23-10-4-2-5-11-23)31(38-32(35)34-29)24-12-6-3-7-13-24/h2-21H,1H3/b20-19+. The van der Waals surface area contributed by atoms with Gasteiger partial charge in [-0.05, 0) is 54.1 Å². The van der Waals surface area contributed by atoms with Gasteiger partial charge in [0.1, 0.15) is 11.4 Å². The maximum atomic E-state index is 13.0. The van der Waals surface area contributed by atoms with Crippen molar-refractivity contribution in [2.45, 2.75) is 0 Å². The quantitative estimate of drug-likeness (QED) is 0.162. The molecule has 0 spiro atoms. The molecule has 0 aliphatic rings. The number of allylic oxidation sites excluding steroid dienone is 1. The molecule has 3 heterocycles. The van der Waals surface area contributed by atoms with Gasteiger partial charge in [-0.3, -0.25) is 14.2 Å². The summed E-state index contributed by atoms with van der Waals surface area (Å²) in [4.78, 5) is 24.3. The van der Waals surface area contributed by atoms with Crippen LogP contribution in [0, 0.1) is 0 Å². The van der Waals surface area contributed by atoms with Crippen molar-refractivity contribution in [1.82, 2.24) is 14.4 Å². The fraction of sp³-hybridized carbons (Fsp3) is 0.0312. The van der Waals surface area contributed by atoms with E-state index >= 15 is 0 Å². The van der Waals surface area contributed by atoms with Crippen LogP contribution < -0.4 is 4.74 Å². The SMILES string of the molecule is COc1ccc(-c2nc3sc(-c4ccccc4)c(-c4ccccc4)n3c2/C=C/C(=O)c2ccccn2)cc1. The summed E-state index contributed by atoms with van der Waals surface area (Å²) in [5.74, 6) is 0.606. The third-order valence-corrected chi connectivity index (χ3v) is 7.36. The zero-order valence-corrected chi connectivity index (χ0v) is 21.4. The minimum atomic E-state index is -0.166. The first-order chi connectivity index (χ1) is 18.7. The zero-order valence-electron chi connectivity index (χ0n) is 20.6. The highest BCUT2D eigenvalue weighted by atomic mass is 32.1. The maximum Gasteiger partial charge on any atom is 0.204 e. The van der Waals surface area contributed by atoms with E-state index in [0.717, 1.165) is 49.4 Å². The predicted octanol–water partition coefficient (Wildman–Crippen LogP) is 7.70. The average molecular weight is 514 g/mol. The number of imidazole rings is 1. The lowest BCUT2D eigenvalue weighted by Gasteiger charge is -2.08. The summed E-state index contributed by atoms with van der Waals surface area (Å²) in [6.45, 7) is 0. The number of benzene rings is 3. The molecule has 0 unspecified atom stereocenters. The molecular weight excluding hydrogens is 490 g/mol. The Labute approximate surface area is 224 Å². The van der Waals surface area contributed by atoms with Gasteiger partial charge in [0, 0.05) is 17.3 Å². The van der Waals surface area contributed by atoms with Crippen molar-refractivity contribution in [3.05, 3.63) is 127 Å². The van der Waals surface area contributed by atoms with Gasteiger partial charge in [0.25, 0.3) is 0 Å². The summed E-state index contributed by atoms with van der Waals surface area (Å²) in [6, 6.07) is 33.8. The smallest absolute Gasteiger partial charge is 0.204 e. The average Bonchev–Trinajstić information content (AvgIpc) is 3.54. The summed E-state index contributed by atoms with van der Waals surface area (Å²) in [5, 5.41) is 0. The molecule has 184 valence electrons. The van der Waals surface area contributed by atoms with Crippen LogP contribution in [-0.4, -0.2) is 27.3 Å². The van der Waals surface area contributed by atoms with Gasteiger partial charge in [0.2, 0.25) is 5.78 Å². The highest BCUT2D eigenvalue weighted by molar-refractivity contribution is 7.21. The van der Waals surface area contributed by atoms with Crippen LogP contribution in [0.3, 0.4) is 0 Å². The highest BCUT2D eigenvalue weighted by Gasteiger charge is 2.22. The molecule has 5 nitrogen and oxygen atoms in total. The molecule has 6 aromatic rings. The van der Waals surface area contributed by atoms with Crippen LogP contribution in [-0.2, 0) is 0 Å². The number of ketones is 1. The number of fused-ring (bicyclic) bond motifs is 1. The Hall–Kier alpha value is -4.81. The number of ether oxygens (including phenoxy) is 1. The summed E-state index contributed by atoms with van der Waals surface area (Å²) in [6.07, 6.45) is 5.05. The summed E-state index contributed by atoms with van der Waals surface area (Å²) >= 11 is 1.64. The van der Waals surface area contributed by atoms with Gasteiger partial charge < -0.3 is 4.74 Å². The Balaban J connectivity index is 1.61. The number of nitrogens with zero attached hydrogens (tertiary/aromatic N) is 3. The molecule has 6 rings (SSSR count). The van der Waals surface area contributed by atoms with Gasteiger partial charge >= 0.3 is 0 Å². The predicted molar refractivity (Wildman–Crippen MR) is 154 cm³/mol. The molecule has 0 aliphatic carbocycles. The maximum absolute atomic E-state index is 13.0. The number of thiazole rings is 1. The fourth-order valence-electron chi connectivity index (χ4n) is 4.44. The van der Waals surface area contributed by atoms with Gasteiger partial charge in [0.05, 0.1) is 29.1 Å². The molecular formula is C32H23N3O2S. The van der Waals surface area contributed by atoms with Crippen LogP contribution in [0.15, 0.2) is 115 Å². The van der Waals surface area contributed by atoms with Crippen molar-refractivity contribution >= 4 is 28.2 Å². The largest absolute Gasteiger partial charge is 0.497 e. The molecule has 3 aromatic heterocycles. The van der Waals surface area contributed by atoms with Crippen molar-refractivity contribution in [2.75, 3.05) is 7.11 Å². The fourth-order valence-corrected chi connectivity index (χ4v) is 5.60. The van der Waals surface area contributed by atoms with Crippen LogP contribution in [0.2, 0.25) is 0 Å². The van der Waals surface area contributed by atoms with Crippen LogP contribution in [0.1, 0.15) is 16.2 Å². The highest BCUT2D eigenvalue weighted by Crippen LogP contribution is 2.42. The van der Waals surface area contributed by atoms with E-state index in [1.807, 2.05) is 72.8 Å². The van der Waals surface area contributed by atoms with Crippen molar-refractivity contribution in [3.8, 4) is 38.7 Å². The van der Waals surface area contributed by atoms with Gasteiger partial charge in [-0.15, -0.1) is 0 Å². The second-order valence-electron chi connectivity index (χ2n) is 8.62. The van der Waals surface area contributed by atoms with Gasteiger partial charge in [-0.2, -0.15) is 0 Å². The Morgan fingerprint density at radius 1 is 0.816 bits per heavy atom. The Bertz CT molecular complexity index is 1740. The van der Waals surface area contributed by atoms with Crippen LogP contribution in [0.4, 0.5) is 0 Å². The second kappa shape index (κ2) is 10.3. The number of hydrogen-bond acceptors (Lipinski definition) is 5. The minimum absolute atomic E-state index is 0.166. The zero-order chi connectivity index (χ0) is 25.9. The normalized spacial score (nSPS) is 11.3. The number of methoxy groups -OCH3 is 1. The van der Waals surface area contributed by atoms with E-state index in [2.05, 4.69) is 33.7 Å². The van der Waals surface area contributed by atoms with Crippen molar-refractivity contribution < 1.29 is 9.53 Å². The first kappa shape index (κ1) is 23.6. The molecule has 6 heteroatoms. The number of rotatable bonds is 7. The van der Waals surface area contributed by atoms with E-state index in [4.69, 9.17) is 9.72 Å². The third-order valence-electron chi connectivity index (χ3n) is 6.27. The molecule has 0 N–H and O–H groups in total. The van der Waals surface area contributed by atoms with Crippen molar-refractivity contribution in [3.63, 3.8) is 0 Å².